The Bertz CT molecular complexity index is 770. The average Bonchev–Trinajstić information content (AvgIpc) is 3.05. The van der Waals surface area contributed by atoms with E-state index in [0.29, 0.717) is 25.1 Å². The van der Waals surface area contributed by atoms with E-state index < -0.39 is 15.8 Å². The quantitative estimate of drug-likeness (QED) is 0.936. The number of aliphatic hydroxyl groups is 1. The number of sulfonamides is 1. The number of rotatable bonds is 4. The zero-order chi connectivity index (χ0) is 15.0. The van der Waals surface area contributed by atoms with E-state index in [1.165, 1.54) is 16.4 Å². The van der Waals surface area contributed by atoms with Gasteiger partial charge in [-0.15, -0.1) is 11.3 Å². The second-order valence-corrected chi connectivity index (χ2v) is 8.05. The molecule has 0 aliphatic carbocycles. The number of nitrogens with zero attached hydrogens (tertiary/aromatic N) is 1. The van der Waals surface area contributed by atoms with E-state index in [1.807, 2.05) is 0 Å². The number of anilines is 1. The lowest BCUT2D eigenvalue weighted by Crippen LogP contribution is -2.28. The summed E-state index contributed by atoms with van der Waals surface area (Å²) in [5.74, 6) is -0.442. The number of aliphatic hydroxyl groups excluding tert-OH is 1. The predicted molar refractivity (Wildman–Crippen MR) is 79.7 cm³/mol. The smallest absolute Gasteiger partial charge is 0.273 e. The minimum Gasteiger partial charge on any atom is -0.396 e. The molecule has 1 aliphatic rings. The molecule has 4 nitrogen and oxygen atoms in total. The van der Waals surface area contributed by atoms with Gasteiger partial charge >= 0.3 is 0 Å². The highest BCUT2D eigenvalue weighted by molar-refractivity contribution is 7.94. The molecule has 7 heteroatoms. The minimum absolute atomic E-state index is 0.0161. The van der Waals surface area contributed by atoms with E-state index in [1.54, 1.807) is 18.2 Å². The van der Waals surface area contributed by atoms with Crippen LogP contribution < -0.4 is 4.31 Å². The summed E-state index contributed by atoms with van der Waals surface area (Å²) >= 11 is 1.15. The van der Waals surface area contributed by atoms with Crippen molar-refractivity contribution in [3.63, 3.8) is 0 Å². The van der Waals surface area contributed by atoms with Gasteiger partial charge in [-0.05, 0) is 36.2 Å². The van der Waals surface area contributed by atoms with Gasteiger partial charge in [0, 0.05) is 24.4 Å². The Morgan fingerprint density at radius 2 is 2.10 bits per heavy atom. The summed E-state index contributed by atoms with van der Waals surface area (Å²) in [6, 6.07) is 7.49. The third kappa shape index (κ3) is 2.56. The van der Waals surface area contributed by atoms with Crippen molar-refractivity contribution in [3.8, 4) is 0 Å². The Morgan fingerprint density at radius 1 is 1.29 bits per heavy atom. The molecule has 0 saturated heterocycles. The van der Waals surface area contributed by atoms with Crippen molar-refractivity contribution >= 4 is 27.0 Å². The van der Waals surface area contributed by atoms with Crippen molar-refractivity contribution in [2.75, 3.05) is 17.5 Å². The van der Waals surface area contributed by atoms with Crippen LogP contribution in [0.15, 0.2) is 34.5 Å². The van der Waals surface area contributed by atoms with E-state index in [0.717, 1.165) is 21.8 Å². The van der Waals surface area contributed by atoms with Gasteiger partial charge in [-0.3, -0.25) is 4.31 Å². The highest BCUT2D eigenvalue weighted by atomic mass is 32.2. The number of thiophene rings is 1. The summed E-state index contributed by atoms with van der Waals surface area (Å²) in [7, 11) is -3.66. The zero-order valence-corrected chi connectivity index (χ0v) is 12.8. The summed E-state index contributed by atoms with van der Waals surface area (Å²) in [6.07, 6.45) is 1.02. The van der Waals surface area contributed by atoms with Gasteiger partial charge in [0.05, 0.1) is 5.69 Å². The van der Waals surface area contributed by atoms with Crippen molar-refractivity contribution in [2.45, 2.75) is 17.1 Å². The molecule has 0 amide bonds. The van der Waals surface area contributed by atoms with Gasteiger partial charge in [-0.2, -0.15) is 0 Å². The van der Waals surface area contributed by atoms with Crippen LogP contribution in [0.4, 0.5) is 10.1 Å². The first-order valence-electron chi connectivity index (χ1n) is 6.53. The van der Waals surface area contributed by atoms with Crippen LogP contribution in [0.25, 0.3) is 0 Å². The number of hydrogen-bond donors (Lipinski definition) is 1. The van der Waals surface area contributed by atoms with Crippen molar-refractivity contribution in [3.05, 3.63) is 46.6 Å². The van der Waals surface area contributed by atoms with Gasteiger partial charge in [0.25, 0.3) is 10.0 Å². The normalized spacial score (nSPS) is 14.5. The minimum atomic E-state index is -3.66. The summed E-state index contributed by atoms with van der Waals surface area (Å²) in [5, 5.41) is 8.91. The second-order valence-electron chi connectivity index (χ2n) is 4.79. The number of hydrogen-bond acceptors (Lipinski definition) is 4. The maximum atomic E-state index is 13.4. The lowest BCUT2D eigenvalue weighted by molar-refractivity contribution is 0.300. The number of halogens is 1. The molecule has 2 aromatic rings. The summed E-state index contributed by atoms with van der Waals surface area (Å²) in [4.78, 5) is 0.815. The fourth-order valence-corrected chi connectivity index (χ4v) is 5.38. The Hall–Kier alpha value is -1.44. The second kappa shape index (κ2) is 5.40. The van der Waals surface area contributed by atoms with Crippen LogP contribution >= 0.6 is 11.3 Å². The van der Waals surface area contributed by atoms with E-state index in [-0.39, 0.29) is 10.8 Å². The van der Waals surface area contributed by atoms with Gasteiger partial charge in [0.15, 0.2) is 0 Å². The van der Waals surface area contributed by atoms with Gasteiger partial charge in [0.2, 0.25) is 0 Å². The first-order valence-corrected chi connectivity index (χ1v) is 8.79. The topological polar surface area (TPSA) is 57.6 Å². The molecule has 3 rings (SSSR count). The molecule has 0 atom stereocenters. The maximum Gasteiger partial charge on any atom is 0.273 e. The molecular formula is C14H14FNO3S2. The van der Waals surface area contributed by atoms with Crippen molar-refractivity contribution < 1.29 is 17.9 Å². The lowest BCUT2D eigenvalue weighted by Gasteiger charge is -2.18. The van der Waals surface area contributed by atoms with E-state index in [9.17, 15) is 12.8 Å². The average molecular weight is 327 g/mol. The molecule has 0 fully saturated rings. The summed E-state index contributed by atoms with van der Waals surface area (Å²) in [6.45, 7) is 0.312. The van der Waals surface area contributed by atoms with E-state index in [2.05, 4.69) is 0 Å². The van der Waals surface area contributed by atoms with Crippen molar-refractivity contribution in [1.29, 1.82) is 0 Å². The molecule has 2 heterocycles. The molecule has 112 valence electrons. The Balaban J connectivity index is 1.98. The molecule has 0 bridgehead atoms. The van der Waals surface area contributed by atoms with Crippen molar-refractivity contribution in [1.82, 2.24) is 0 Å². The Morgan fingerprint density at radius 3 is 2.86 bits per heavy atom. The molecule has 0 radical (unpaired) electrons. The van der Waals surface area contributed by atoms with E-state index >= 15 is 0 Å². The molecule has 1 N–H and O–H groups in total. The highest BCUT2D eigenvalue weighted by Crippen LogP contribution is 2.35. The van der Waals surface area contributed by atoms with Crippen LogP contribution in [-0.4, -0.2) is 26.7 Å². The molecular weight excluding hydrogens is 313 g/mol. The molecule has 0 unspecified atom stereocenters. The van der Waals surface area contributed by atoms with Gasteiger partial charge in [-0.1, -0.05) is 6.07 Å². The number of fused-ring (bicyclic) bond motifs is 1. The third-order valence-electron chi connectivity index (χ3n) is 3.44. The largest absolute Gasteiger partial charge is 0.396 e. The summed E-state index contributed by atoms with van der Waals surface area (Å²) < 4.78 is 40.2. The first-order chi connectivity index (χ1) is 10.0. The van der Waals surface area contributed by atoms with Gasteiger partial charge < -0.3 is 5.11 Å². The third-order valence-corrected chi connectivity index (χ3v) is 6.87. The van der Waals surface area contributed by atoms with Crippen LogP contribution in [0.5, 0.6) is 0 Å². The first kappa shape index (κ1) is 14.5. The van der Waals surface area contributed by atoms with Gasteiger partial charge in [-0.25, -0.2) is 12.8 Å². The predicted octanol–water partition coefficient (Wildman–Crippen LogP) is 2.17. The van der Waals surface area contributed by atoms with Gasteiger partial charge in [0.1, 0.15) is 10.0 Å². The van der Waals surface area contributed by atoms with Crippen LogP contribution in [0.3, 0.4) is 0 Å². The number of benzene rings is 1. The monoisotopic (exact) mass is 327 g/mol. The molecule has 1 aliphatic heterocycles. The lowest BCUT2D eigenvalue weighted by atomic mass is 10.2. The summed E-state index contributed by atoms with van der Waals surface area (Å²) in [5.41, 5.74) is 1.26. The standard InChI is InChI=1S/C14H14FNO3S2/c15-11-2-1-10-5-7-16(13(10)9-11)21(18,19)14-4-3-12(20-14)6-8-17/h1-4,9,17H,5-8H2. The molecule has 0 saturated carbocycles. The molecule has 21 heavy (non-hydrogen) atoms. The Kier molecular flexibility index (Phi) is 3.73. The molecule has 0 spiro atoms. The van der Waals surface area contributed by atoms with Crippen molar-refractivity contribution in [2.24, 2.45) is 0 Å². The van der Waals surface area contributed by atoms with Crippen LogP contribution in [-0.2, 0) is 22.9 Å². The van der Waals surface area contributed by atoms with E-state index in [4.69, 9.17) is 5.11 Å². The maximum absolute atomic E-state index is 13.4. The van der Waals surface area contributed by atoms with Crippen LogP contribution in [0.1, 0.15) is 10.4 Å². The zero-order valence-electron chi connectivity index (χ0n) is 11.1. The Labute approximate surface area is 126 Å². The highest BCUT2D eigenvalue weighted by Gasteiger charge is 2.32. The van der Waals surface area contributed by atoms with Crippen LogP contribution in [0.2, 0.25) is 0 Å². The molecule has 1 aromatic carbocycles. The fraction of sp³-hybridized carbons (Fsp3) is 0.286. The SMILES string of the molecule is O=S(=O)(c1ccc(CCO)s1)N1CCc2ccc(F)cc21. The fourth-order valence-electron chi connectivity index (χ4n) is 2.42. The molecule has 1 aromatic heterocycles. The van der Waals surface area contributed by atoms with Crippen LogP contribution in [0, 0.1) is 5.82 Å².